The number of hydroxylamine groups is 2. The third-order valence-corrected chi connectivity index (χ3v) is 12.0. The summed E-state index contributed by atoms with van der Waals surface area (Å²) in [5.74, 6) is -3.12. The number of phenolic OH excluding ortho intramolecular Hbond substituents is 1. The Morgan fingerprint density at radius 2 is 1.27 bits per heavy atom. The number of hydrogen-bond donors (Lipinski definition) is 3. The first-order chi connectivity index (χ1) is 29.7. The monoisotopic (exact) mass is 884 g/mol. The van der Waals surface area contributed by atoms with Crippen LogP contribution in [-0.4, -0.2) is 82.7 Å². The molecule has 2 aliphatic rings. The van der Waals surface area contributed by atoms with Crippen molar-refractivity contribution < 1.29 is 48.1 Å². The van der Waals surface area contributed by atoms with Gasteiger partial charge in [-0.15, -0.1) is 5.06 Å². The molecule has 0 amide bonds. The van der Waals surface area contributed by atoms with Gasteiger partial charge in [-0.2, -0.15) is 0 Å². The fourth-order valence-corrected chi connectivity index (χ4v) is 8.83. The second-order valence-corrected chi connectivity index (χ2v) is 16.3. The van der Waals surface area contributed by atoms with E-state index in [2.05, 4.69) is 0 Å². The first kappa shape index (κ1) is 42.9. The summed E-state index contributed by atoms with van der Waals surface area (Å²) in [5, 5.41) is 36.3. The first-order valence-electron chi connectivity index (χ1n) is 20.1. The molecule has 322 valence electrons. The van der Waals surface area contributed by atoms with E-state index in [-0.39, 0.29) is 82.2 Å². The molecule has 0 aliphatic carbocycles. The topological polar surface area (TPSA) is 189 Å². The van der Waals surface area contributed by atoms with Crippen LogP contribution < -0.4 is 25.2 Å². The summed E-state index contributed by atoms with van der Waals surface area (Å²) in [6, 6.07) is 18.6. The molecular formula is C46H42Cl2N2O12. The quantitative estimate of drug-likeness (QED) is 0.0961. The number of likely N-dealkylation sites (N-methyl/N-ethyl adjacent to an activating group) is 1. The van der Waals surface area contributed by atoms with E-state index < -0.39 is 52.6 Å². The Bertz CT molecular complexity index is 2860. The first-order valence-corrected chi connectivity index (χ1v) is 20.8. The fraction of sp³-hybridized carbons (Fsp3) is 0.304. The number of likely N-dealkylation sites (tertiary alicyclic amines) is 1. The van der Waals surface area contributed by atoms with E-state index in [9.17, 15) is 34.5 Å². The largest absolute Gasteiger partial charge is 0.507 e. The average molecular weight is 886 g/mol. The molecule has 0 bridgehead atoms. The van der Waals surface area contributed by atoms with Crippen LogP contribution >= 0.6 is 23.2 Å². The van der Waals surface area contributed by atoms with Gasteiger partial charge in [-0.05, 0) is 50.7 Å². The lowest BCUT2D eigenvalue weighted by atomic mass is 9.85. The van der Waals surface area contributed by atoms with Crippen LogP contribution in [0.4, 0.5) is 0 Å². The predicted octanol–water partition coefficient (Wildman–Crippen LogP) is 7.41. The maximum Gasteiger partial charge on any atom is 0.310 e. The molecule has 4 aromatic carbocycles. The van der Waals surface area contributed by atoms with Crippen LogP contribution in [0.5, 0.6) is 23.0 Å². The Morgan fingerprint density at radius 1 is 0.742 bits per heavy atom. The number of aliphatic hydroxyl groups excluding tert-OH is 2. The summed E-state index contributed by atoms with van der Waals surface area (Å²) >= 11 is 13.0. The van der Waals surface area contributed by atoms with Gasteiger partial charge in [0, 0.05) is 84.8 Å². The van der Waals surface area contributed by atoms with Gasteiger partial charge in [-0.3, -0.25) is 19.2 Å². The van der Waals surface area contributed by atoms with Crippen molar-refractivity contribution in [3.05, 3.63) is 114 Å². The second-order valence-electron chi connectivity index (χ2n) is 15.5. The fourth-order valence-electron chi connectivity index (χ4n) is 8.38. The molecule has 4 heterocycles. The molecule has 16 heteroatoms. The zero-order valence-corrected chi connectivity index (χ0v) is 35.4. The molecule has 2 aromatic heterocycles. The lowest BCUT2D eigenvalue weighted by Crippen LogP contribution is -2.44. The van der Waals surface area contributed by atoms with Crippen molar-refractivity contribution in [3.8, 4) is 45.6 Å². The SMILES string of the molecule is CCC(=O)Oc1cc(O)c2c(=O)cc(-c3ccccc3Cl)oc2c1[C@H]1CCN(Oc2cc(OC(C)=O)c([C@H]3CCN(C)C[C@H]3O)c3oc(-c4ccccc4Cl)cc(=O)c23)C[C@H]1O. The summed E-state index contributed by atoms with van der Waals surface area (Å²) in [5.41, 5.74) is 0.173. The number of fused-ring (bicyclic) bond motifs is 2. The number of rotatable bonds is 9. The van der Waals surface area contributed by atoms with E-state index in [1.54, 1.807) is 55.5 Å². The van der Waals surface area contributed by atoms with Crippen molar-refractivity contribution in [2.45, 2.75) is 57.2 Å². The van der Waals surface area contributed by atoms with Gasteiger partial charge in [0.05, 0.1) is 28.8 Å². The van der Waals surface area contributed by atoms with Gasteiger partial charge in [-0.1, -0.05) is 54.4 Å². The third-order valence-electron chi connectivity index (χ3n) is 11.3. The zero-order valence-electron chi connectivity index (χ0n) is 33.9. The smallest absolute Gasteiger partial charge is 0.310 e. The molecule has 2 aliphatic heterocycles. The van der Waals surface area contributed by atoms with E-state index >= 15 is 0 Å². The molecule has 8 rings (SSSR count). The van der Waals surface area contributed by atoms with Gasteiger partial charge in [0.1, 0.15) is 50.7 Å². The Morgan fingerprint density at radius 3 is 1.82 bits per heavy atom. The minimum Gasteiger partial charge on any atom is -0.507 e. The van der Waals surface area contributed by atoms with Crippen LogP contribution in [0, 0.1) is 0 Å². The van der Waals surface area contributed by atoms with Crippen molar-refractivity contribution in [1.82, 2.24) is 9.96 Å². The normalized spacial score (nSPS) is 19.7. The number of piperidine rings is 2. The highest BCUT2D eigenvalue weighted by Crippen LogP contribution is 2.47. The number of halogens is 2. The number of β-amino-alcohol motifs (C(OH)–C–C–N with tert-alkyl or cyclic N) is 2. The summed E-state index contributed by atoms with van der Waals surface area (Å²) in [7, 11) is 1.88. The molecule has 6 aromatic rings. The number of ether oxygens (including phenoxy) is 2. The maximum atomic E-state index is 14.3. The van der Waals surface area contributed by atoms with Crippen LogP contribution in [0.2, 0.25) is 10.0 Å². The van der Waals surface area contributed by atoms with Crippen molar-refractivity contribution in [2.24, 2.45) is 0 Å². The van der Waals surface area contributed by atoms with Crippen LogP contribution in [0.25, 0.3) is 44.6 Å². The summed E-state index contributed by atoms with van der Waals surface area (Å²) in [6.45, 7) is 3.65. The molecule has 0 saturated carbocycles. The van der Waals surface area contributed by atoms with Crippen molar-refractivity contribution >= 4 is 57.1 Å². The molecule has 14 nitrogen and oxygen atoms in total. The van der Waals surface area contributed by atoms with Gasteiger partial charge < -0.3 is 43.4 Å². The molecule has 4 atom stereocenters. The highest BCUT2D eigenvalue weighted by molar-refractivity contribution is 6.33. The van der Waals surface area contributed by atoms with E-state index in [1.165, 1.54) is 30.2 Å². The van der Waals surface area contributed by atoms with Crippen molar-refractivity contribution in [3.63, 3.8) is 0 Å². The Hall–Kier alpha value is -5.74. The number of aromatic hydroxyl groups is 1. The lowest BCUT2D eigenvalue weighted by Gasteiger charge is -2.36. The van der Waals surface area contributed by atoms with Gasteiger partial charge >= 0.3 is 11.9 Å². The number of carbonyl (C=O) groups excluding carboxylic acids is 2. The van der Waals surface area contributed by atoms with Crippen LogP contribution in [0.15, 0.2) is 91.2 Å². The second kappa shape index (κ2) is 17.6. The number of esters is 2. The molecule has 2 saturated heterocycles. The number of nitrogens with zero attached hydrogens (tertiary/aromatic N) is 2. The minimum absolute atomic E-state index is 0.00150. The van der Waals surface area contributed by atoms with Crippen molar-refractivity contribution in [1.29, 1.82) is 0 Å². The highest BCUT2D eigenvalue weighted by Gasteiger charge is 2.38. The maximum absolute atomic E-state index is 14.3. The van der Waals surface area contributed by atoms with Gasteiger partial charge in [0.25, 0.3) is 0 Å². The van der Waals surface area contributed by atoms with Crippen LogP contribution in [-0.2, 0) is 9.59 Å². The molecule has 62 heavy (non-hydrogen) atoms. The minimum atomic E-state index is -1.28. The summed E-state index contributed by atoms with van der Waals surface area (Å²) < 4.78 is 24.3. The number of hydrogen-bond acceptors (Lipinski definition) is 14. The Labute approximate surface area is 364 Å². The van der Waals surface area contributed by atoms with Gasteiger partial charge in [0.2, 0.25) is 0 Å². The lowest BCUT2D eigenvalue weighted by molar-refractivity contribution is -0.134. The average Bonchev–Trinajstić information content (AvgIpc) is 3.21. The number of benzene rings is 4. The van der Waals surface area contributed by atoms with E-state index in [1.807, 2.05) is 11.9 Å². The van der Waals surface area contributed by atoms with Crippen LogP contribution in [0.1, 0.15) is 56.1 Å². The highest BCUT2D eigenvalue weighted by atomic mass is 35.5. The van der Waals surface area contributed by atoms with Crippen molar-refractivity contribution in [2.75, 3.05) is 33.2 Å². The predicted molar refractivity (Wildman–Crippen MR) is 231 cm³/mol. The van der Waals surface area contributed by atoms with Gasteiger partial charge in [0.15, 0.2) is 16.6 Å². The molecule has 0 radical (unpaired) electrons. The summed E-state index contributed by atoms with van der Waals surface area (Å²) in [6.07, 6.45) is -1.63. The van der Waals surface area contributed by atoms with E-state index in [0.29, 0.717) is 46.2 Å². The number of aliphatic hydroxyl groups is 2. The molecular weight excluding hydrogens is 843 g/mol. The number of carbonyl (C=O) groups is 2. The molecule has 0 unspecified atom stereocenters. The molecule has 2 fully saturated rings. The molecule has 3 N–H and O–H groups in total. The van der Waals surface area contributed by atoms with E-state index in [4.69, 9.17) is 46.3 Å². The van der Waals surface area contributed by atoms with Crippen LogP contribution in [0.3, 0.4) is 0 Å². The third kappa shape index (κ3) is 8.29. The standard InChI is InChI=1S/C46H42Cl2N2O12/c1-4-40(57)59-37-19-31(53)43-30(52)17-35(24-9-5-7-11-28(24)47)60-45(43)41(37)27-14-16-50(22-34(27)56)62-39-20-38(58-23(2)51)42(26-13-15-49(3)21-33(26)55)46-44(39)32(54)18-36(61-46)25-10-6-8-12-29(25)48/h5-12,17-20,26-27,33-34,53,55-56H,4,13-16,21-22H2,1-3H3/t26-,27-,33+,34+/m0/s1. The molecule has 0 spiro atoms. The Balaban J connectivity index is 1.22. The zero-order chi connectivity index (χ0) is 44.0. The number of phenols is 1. The summed E-state index contributed by atoms with van der Waals surface area (Å²) in [4.78, 5) is 61.7. The van der Waals surface area contributed by atoms with Gasteiger partial charge in [-0.25, -0.2) is 0 Å². The Kier molecular flexibility index (Phi) is 12.2. The van der Waals surface area contributed by atoms with E-state index in [0.717, 1.165) is 6.07 Å².